The van der Waals surface area contributed by atoms with Crippen LogP contribution in [-0.2, 0) is 14.4 Å². The van der Waals surface area contributed by atoms with E-state index in [0.717, 1.165) is 18.4 Å². The molecule has 2 fully saturated rings. The zero-order chi connectivity index (χ0) is 21.7. The highest BCUT2D eigenvalue weighted by Crippen LogP contribution is 2.33. The third-order valence-electron chi connectivity index (χ3n) is 5.15. The van der Waals surface area contributed by atoms with Crippen LogP contribution in [0, 0.1) is 0 Å². The van der Waals surface area contributed by atoms with Crippen LogP contribution >= 0.6 is 24.0 Å². The Hall–Kier alpha value is -2.39. The first-order chi connectivity index (χ1) is 14.4. The number of thioether (sulfide) groups is 1. The van der Waals surface area contributed by atoms with E-state index in [2.05, 4.69) is 0 Å². The van der Waals surface area contributed by atoms with E-state index in [4.69, 9.17) is 17.0 Å². The van der Waals surface area contributed by atoms with Crippen molar-refractivity contribution < 1.29 is 24.2 Å². The molecule has 2 amide bonds. The summed E-state index contributed by atoms with van der Waals surface area (Å²) in [6, 6.07) is 6.65. The largest absolute Gasteiger partial charge is 0.497 e. The maximum absolute atomic E-state index is 12.7. The molecule has 3 rings (SSSR count). The highest BCUT2D eigenvalue weighted by molar-refractivity contribution is 8.26. The van der Waals surface area contributed by atoms with Gasteiger partial charge in [-0.05, 0) is 49.5 Å². The third-order valence-corrected chi connectivity index (χ3v) is 6.52. The van der Waals surface area contributed by atoms with E-state index < -0.39 is 12.0 Å². The zero-order valence-corrected chi connectivity index (χ0v) is 18.3. The van der Waals surface area contributed by atoms with Crippen LogP contribution in [0.2, 0.25) is 0 Å². The van der Waals surface area contributed by atoms with Gasteiger partial charge in [0, 0.05) is 19.5 Å². The first-order valence-electron chi connectivity index (χ1n) is 9.82. The van der Waals surface area contributed by atoms with Gasteiger partial charge < -0.3 is 14.7 Å². The first kappa shape index (κ1) is 22.3. The summed E-state index contributed by atoms with van der Waals surface area (Å²) in [6.07, 6.45) is 4.52. The second kappa shape index (κ2) is 10.1. The van der Waals surface area contributed by atoms with Gasteiger partial charge in [0.15, 0.2) is 0 Å². The molecule has 160 valence electrons. The highest BCUT2D eigenvalue weighted by atomic mass is 32.2. The van der Waals surface area contributed by atoms with Crippen molar-refractivity contribution >= 4 is 52.2 Å². The van der Waals surface area contributed by atoms with E-state index in [-0.39, 0.29) is 18.2 Å². The van der Waals surface area contributed by atoms with Crippen LogP contribution < -0.4 is 4.74 Å². The van der Waals surface area contributed by atoms with Crippen molar-refractivity contribution in [2.75, 3.05) is 20.2 Å². The number of ether oxygens (including phenoxy) is 1. The van der Waals surface area contributed by atoms with Crippen molar-refractivity contribution in [3.8, 4) is 5.75 Å². The molecule has 0 aliphatic carbocycles. The second-order valence-electron chi connectivity index (χ2n) is 7.15. The molecule has 0 bridgehead atoms. The molecule has 9 heteroatoms. The van der Waals surface area contributed by atoms with Crippen LogP contribution in [0.4, 0.5) is 0 Å². The molecular weight excluding hydrogens is 424 g/mol. The molecule has 1 N–H and O–H groups in total. The van der Waals surface area contributed by atoms with Gasteiger partial charge in [0.25, 0.3) is 5.91 Å². The summed E-state index contributed by atoms with van der Waals surface area (Å²) in [6.45, 7) is 0.803. The molecule has 1 unspecified atom stereocenters. The zero-order valence-electron chi connectivity index (χ0n) is 16.7. The van der Waals surface area contributed by atoms with Crippen molar-refractivity contribution in [3.05, 3.63) is 34.7 Å². The van der Waals surface area contributed by atoms with E-state index in [1.807, 2.05) is 24.3 Å². The maximum Gasteiger partial charge on any atom is 0.326 e. The van der Waals surface area contributed by atoms with E-state index >= 15 is 0 Å². The topological polar surface area (TPSA) is 87.2 Å². The lowest BCUT2D eigenvalue weighted by Gasteiger charge is -2.33. The normalized spacial score (nSPS) is 20.7. The molecule has 0 saturated carbocycles. The number of rotatable bonds is 7. The number of piperidine rings is 1. The van der Waals surface area contributed by atoms with E-state index in [9.17, 15) is 19.5 Å². The Bertz CT molecular complexity index is 886. The Kier molecular flexibility index (Phi) is 7.49. The lowest BCUT2D eigenvalue weighted by Crippen LogP contribution is -2.48. The van der Waals surface area contributed by atoms with Gasteiger partial charge in [-0.15, -0.1) is 0 Å². The minimum Gasteiger partial charge on any atom is -0.497 e. The Balaban J connectivity index is 1.57. The Morgan fingerprint density at radius 1 is 1.37 bits per heavy atom. The minimum absolute atomic E-state index is 0.179. The summed E-state index contributed by atoms with van der Waals surface area (Å²) < 4.78 is 5.67. The van der Waals surface area contributed by atoms with E-state index in [1.54, 1.807) is 13.2 Å². The minimum atomic E-state index is -0.956. The van der Waals surface area contributed by atoms with Crippen molar-refractivity contribution in [1.82, 2.24) is 9.80 Å². The molecule has 0 radical (unpaired) electrons. The van der Waals surface area contributed by atoms with Crippen molar-refractivity contribution in [1.29, 1.82) is 0 Å². The monoisotopic (exact) mass is 448 g/mol. The third kappa shape index (κ3) is 5.20. The molecule has 0 spiro atoms. The number of hydrogen-bond donors (Lipinski definition) is 1. The van der Waals surface area contributed by atoms with Crippen LogP contribution in [0.25, 0.3) is 6.08 Å². The summed E-state index contributed by atoms with van der Waals surface area (Å²) in [7, 11) is 1.59. The highest BCUT2D eigenvalue weighted by Gasteiger charge is 2.33. The number of hydrogen-bond acceptors (Lipinski definition) is 6. The summed E-state index contributed by atoms with van der Waals surface area (Å²) in [5, 5.41) is 9.33. The molecule has 2 heterocycles. The van der Waals surface area contributed by atoms with Crippen molar-refractivity contribution in [2.24, 2.45) is 0 Å². The van der Waals surface area contributed by atoms with Crippen LogP contribution in [-0.4, -0.2) is 63.3 Å². The number of aliphatic carboxylic acids is 1. The molecule has 2 aliphatic rings. The van der Waals surface area contributed by atoms with Gasteiger partial charge in [-0.2, -0.15) is 0 Å². The summed E-state index contributed by atoms with van der Waals surface area (Å²) in [5.74, 6) is -0.612. The summed E-state index contributed by atoms with van der Waals surface area (Å²) in [4.78, 5) is 40.1. The van der Waals surface area contributed by atoms with Crippen LogP contribution in [0.3, 0.4) is 0 Å². The number of likely N-dealkylation sites (tertiary alicyclic amines) is 1. The van der Waals surface area contributed by atoms with Gasteiger partial charge in [-0.1, -0.05) is 36.1 Å². The number of nitrogens with zero attached hydrogens (tertiary/aromatic N) is 2. The predicted molar refractivity (Wildman–Crippen MR) is 119 cm³/mol. The fourth-order valence-electron chi connectivity index (χ4n) is 3.59. The van der Waals surface area contributed by atoms with Gasteiger partial charge in [0.2, 0.25) is 5.91 Å². The van der Waals surface area contributed by atoms with Gasteiger partial charge in [0.05, 0.1) is 12.0 Å². The first-order valence-corrected chi connectivity index (χ1v) is 11.0. The lowest BCUT2D eigenvalue weighted by molar-refractivity contribution is -0.152. The molecule has 1 atom stereocenters. The van der Waals surface area contributed by atoms with Crippen LogP contribution in [0.1, 0.15) is 37.7 Å². The fourth-order valence-corrected chi connectivity index (χ4v) is 4.90. The molecule has 1 aromatic rings. The second-order valence-corrected chi connectivity index (χ2v) is 8.83. The van der Waals surface area contributed by atoms with Crippen LogP contribution in [0.5, 0.6) is 5.75 Å². The number of amides is 2. The maximum atomic E-state index is 12.7. The number of carbonyl (C=O) groups excluding carboxylic acids is 2. The Morgan fingerprint density at radius 3 is 2.90 bits per heavy atom. The SMILES string of the molecule is COc1cccc(C=C2SC(=S)N(CCCC(=O)N3CCCCC3C(=O)O)C2=O)c1. The average molecular weight is 449 g/mol. The average Bonchev–Trinajstić information content (AvgIpc) is 3.01. The Labute approximate surface area is 185 Å². The van der Waals surface area contributed by atoms with Gasteiger partial charge >= 0.3 is 5.97 Å². The molecular formula is C21H24N2O5S2. The molecule has 30 heavy (non-hydrogen) atoms. The number of carboxylic acids is 1. The summed E-state index contributed by atoms with van der Waals surface area (Å²) in [5.41, 5.74) is 0.842. The van der Waals surface area contributed by atoms with Crippen molar-refractivity contribution in [3.63, 3.8) is 0 Å². The molecule has 0 aromatic heterocycles. The lowest BCUT2D eigenvalue weighted by atomic mass is 10.0. The van der Waals surface area contributed by atoms with Gasteiger partial charge in [-0.25, -0.2) is 4.79 Å². The number of carbonyl (C=O) groups is 3. The molecule has 2 aliphatic heterocycles. The molecule has 7 nitrogen and oxygen atoms in total. The fraction of sp³-hybridized carbons (Fsp3) is 0.429. The van der Waals surface area contributed by atoms with E-state index in [1.165, 1.54) is 21.6 Å². The standard InChI is InChI=1S/C21H24N2O5S2/c1-28-15-7-4-6-14(12-15)13-17-19(25)23(21(29)30-17)11-5-9-18(24)22-10-3-2-8-16(22)20(26)27/h4,6-7,12-13,16H,2-3,5,8-11H2,1H3,(H,26,27). The van der Waals surface area contributed by atoms with Gasteiger partial charge in [-0.3, -0.25) is 14.5 Å². The predicted octanol–water partition coefficient (Wildman–Crippen LogP) is 3.14. The smallest absolute Gasteiger partial charge is 0.326 e. The number of carboxylic acid groups (broad SMARTS) is 1. The molecule has 1 aromatic carbocycles. The van der Waals surface area contributed by atoms with Crippen molar-refractivity contribution in [2.45, 2.75) is 38.1 Å². The van der Waals surface area contributed by atoms with Gasteiger partial charge in [0.1, 0.15) is 16.1 Å². The molecule has 2 saturated heterocycles. The Morgan fingerprint density at radius 2 is 2.17 bits per heavy atom. The van der Waals surface area contributed by atoms with Crippen LogP contribution in [0.15, 0.2) is 29.2 Å². The summed E-state index contributed by atoms with van der Waals surface area (Å²) >= 11 is 6.58. The van der Waals surface area contributed by atoms with E-state index in [0.29, 0.717) is 40.9 Å². The number of methoxy groups -OCH3 is 1. The number of thiocarbonyl (C=S) groups is 1. The quantitative estimate of drug-likeness (QED) is 0.506. The number of benzene rings is 1.